The van der Waals surface area contributed by atoms with Crippen molar-refractivity contribution in [3.63, 3.8) is 0 Å². The Morgan fingerprint density at radius 3 is 2.59 bits per heavy atom. The molecule has 0 amide bonds. The average molecular weight is 383 g/mol. The molecule has 0 aliphatic rings. The molecule has 152 valence electrons. The second-order valence-electron chi connectivity index (χ2n) is 7.29. The Bertz CT molecular complexity index is 645. The first-order valence-corrected chi connectivity index (χ1v) is 8.79. The second-order valence-corrected chi connectivity index (χ2v) is 7.29. The van der Waals surface area contributed by atoms with E-state index in [1.54, 1.807) is 27.8 Å². The van der Waals surface area contributed by atoms with E-state index in [1.165, 1.54) is 11.2 Å². The molecule has 0 radical (unpaired) electrons. The Hall–Kier alpha value is -2.49. The number of nitrogens with zero attached hydrogens (tertiary/aromatic N) is 4. The summed E-state index contributed by atoms with van der Waals surface area (Å²) < 4.78 is 10.7. The van der Waals surface area contributed by atoms with Gasteiger partial charge in [-0.1, -0.05) is 0 Å². The Morgan fingerprint density at radius 1 is 1.37 bits per heavy atom. The third-order valence-electron chi connectivity index (χ3n) is 3.20. The van der Waals surface area contributed by atoms with Gasteiger partial charge in [-0.3, -0.25) is 14.9 Å². The van der Waals surface area contributed by atoms with Crippen LogP contribution in [-0.2, 0) is 14.3 Å². The minimum absolute atomic E-state index is 0.0433. The van der Waals surface area contributed by atoms with E-state index in [-0.39, 0.29) is 30.0 Å². The number of likely N-dealkylation sites (N-methyl/N-ethyl adjacent to an activating group) is 1. The highest BCUT2D eigenvalue weighted by atomic mass is 16.6. The summed E-state index contributed by atoms with van der Waals surface area (Å²) in [5, 5.41) is 14.5. The molecule has 0 spiro atoms. The van der Waals surface area contributed by atoms with Crippen LogP contribution in [0.3, 0.4) is 0 Å². The largest absolute Gasteiger partial charge is 0.459 e. The minimum Gasteiger partial charge on any atom is -0.459 e. The molecule has 0 aromatic carbocycles. The van der Waals surface area contributed by atoms with E-state index in [4.69, 9.17) is 9.47 Å². The number of carbonyl (C=O) groups is 1. The highest BCUT2D eigenvalue weighted by molar-refractivity contribution is 5.78. The normalized spacial score (nSPS) is 11.4. The van der Waals surface area contributed by atoms with E-state index in [2.05, 4.69) is 15.3 Å². The zero-order valence-corrected chi connectivity index (χ0v) is 16.8. The van der Waals surface area contributed by atoms with Gasteiger partial charge in [0, 0.05) is 20.2 Å². The maximum atomic E-state index is 12.0. The lowest BCUT2D eigenvalue weighted by Crippen LogP contribution is -2.33. The molecule has 1 N–H and O–H groups in total. The van der Waals surface area contributed by atoms with E-state index in [0.717, 1.165) is 0 Å². The van der Waals surface area contributed by atoms with Crippen LogP contribution in [0.15, 0.2) is 6.33 Å². The Morgan fingerprint density at radius 2 is 2.04 bits per heavy atom. The van der Waals surface area contributed by atoms with Crippen molar-refractivity contribution in [1.29, 1.82) is 0 Å². The van der Waals surface area contributed by atoms with Crippen LogP contribution >= 0.6 is 0 Å². The van der Waals surface area contributed by atoms with Gasteiger partial charge in [0.2, 0.25) is 11.6 Å². The molecule has 0 atom stereocenters. The fraction of sp³-hybridized carbons (Fsp3) is 0.706. The zero-order chi connectivity index (χ0) is 20.6. The molecule has 0 bridgehead atoms. The Balaban J connectivity index is 2.85. The van der Waals surface area contributed by atoms with Crippen LogP contribution in [0.2, 0.25) is 0 Å². The number of aromatic nitrogens is 2. The summed E-state index contributed by atoms with van der Waals surface area (Å²) in [7, 11) is 1.54. The van der Waals surface area contributed by atoms with E-state index >= 15 is 0 Å². The van der Waals surface area contributed by atoms with Gasteiger partial charge in [-0.15, -0.1) is 0 Å². The molecule has 0 unspecified atom stereocenters. The monoisotopic (exact) mass is 383 g/mol. The summed E-state index contributed by atoms with van der Waals surface area (Å²) in [4.78, 5) is 32.3. The number of hydrogen-bond acceptors (Lipinski definition) is 9. The molecule has 10 heteroatoms. The summed E-state index contributed by atoms with van der Waals surface area (Å²) in [5.41, 5.74) is -0.923. The number of nitrogens with one attached hydrogen (secondary N) is 1. The van der Waals surface area contributed by atoms with Gasteiger partial charge >= 0.3 is 11.7 Å². The van der Waals surface area contributed by atoms with Crippen LogP contribution in [0, 0.1) is 10.1 Å². The van der Waals surface area contributed by atoms with Crippen LogP contribution in [-0.4, -0.2) is 59.3 Å². The molecular weight excluding hydrogens is 354 g/mol. The molecule has 0 saturated heterocycles. The van der Waals surface area contributed by atoms with Crippen molar-refractivity contribution in [3.8, 4) is 0 Å². The molecule has 0 aliphatic heterocycles. The van der Waals surface area contributed by atoms with Crippen molar-refractivity contribution in [2.45, 2.75) is 52.7 Å². The zero-order valence-electron chi connectivity index (χ0n) is 16.8. The van der Waals surface area contributed by atoms with Crippen molar-refractivity contribution in [2.75, 3.05) is 37.0 Å². The van der Waals surface area contributed by atoms with Crippen molar-refractivity contribution in [1.82, 2.24) is 9.97 Å². The van der Waals surface area contributed by atoms with Crippen LogP contribution in [0.4, 0.5) is 17.3 Å². The van der Waals surface area contributed by atoms with E-state index < -0.39 is 16.5 Å². The quantitative estimate of drug-likeness (QED) is 0.281. The van der Waals surface area contributed by atoms with Gasteiger partial charge in [-0.2, -0.15) is 0 Å². The first-order chi connectivity index (χ1) is 12.5. The van der Waals surface area contributed by atoms with Gasteiger partial charge in [0.15, 0.2) is 0 Å². The molecule has 0 fully saturated rings. The molecule has 0 aliphatic carbocycles. The lowest BCUT2D eigenvalue weighted by atomic mass is 10.2. The summed E-state index contributed by atoms with van der Waals surface area (Å²) in [6.45, 7) is 9.96. The van der Waals surface area contributed by atoms with Crippen LogP contribution in [0.1, 0.15) is 41.0 Å². The lowest BCUT2D eigenvalue weighted by molar-refractivity contribution is -0.383. The highest BCUT2D eigenvalue weighted by Crippen LogP contribution is 2.31. The van der Waals surface area contributed by atoms with Crippen LogP contribution < -0.4 is 10.2 Å². The number of esters is 1. The van der Waals surface area contributed by atoms with Gasteiger partial charge in [0.1, 0.15) is 18.5 Å². The predicted molar refractivity (Wildman–Crippen MR) is 102 cm³/mol. The smallest absolute Gasteiger partial charge is 0.353 e. The first-order valence-electron chi connectivity index (χ1n) is 8.79. The standard InChI is InChI=1S/C17H29N5O5/c1-12(2)26-9-7-8-18-15-14(22(24)25)16(20-11-19-15)21(6)10-13(23)27-17(3,4)5/h11-12H,7-10H2,1-6H3,(H,18,19,20). The number of carbonyl (C=O) groups excluding carboxylic acids is 1. The average Bonchev–Trinajstić information content (AvgIpc) is 2.51. The number of nitro groups is 1. The summed E-state index contributed by atoms with van der Waals surface area (Å²) in [5.74, 6) is -0.356. The van der Waals surface area contributed by atoms with E-state index in [0.29, 0.717) is 19.6 Å². The van der Waals surface area contributed by atoms with Gasteiger partial charge in [0.05, 0.1) is 11.0 Å². The van der Waals surface area contributed by atoms with Crippen molar-refractivity contribution in [3.05, 3.63) is 16.4 Å². The number of anilines is 2. The van der Waals surface area contributed by atoms with Crippen LogP contribution in [0.5, 0.6) is 0 Å². The SMILES string of the molecule is CC(C)OCCCNc1ncnc(N(C)CC(=O)OC(C)(C)C)c1[N+](=O)[O-]. The number of rotatable bonds is 10. The highest BCUT2D eigenvalue weighted by Gasteiger charge is 2.27. The van der Waals surface area contributed by atoms with Gasteiger partial charge in [0.25, 0.3) is 0 Å². The summed E-state index contributed by atoms with van der Waals surface area (Å²) in [6.07, 6.45) is 2.02. The molecule has 0 saturated carbocycles. The maximum Gasteiger partial charge on any atom is 0.353 e. The Labute approximate surface area is 159 Å². The number of hydrogen-bond donors (Lipinski definition) is 1. The van der Waals surface area contributed by atoms with Crippen molar-refractivity contribution < 1.29 is 19.2 Å². The number of ether oxygens (including phenoxy) is 2. The van der Waals surface area contributed by atoms with Gasteiger partial charge in [-0.05, 0) is 41.0 Å². The molecule has 1 aromatic heterocycles. The van der Waals surface area contributed by atoms with Gasteiger partial charge < -0.3 is 19.7 Å². The fourth-order valence-corrected chi connectivity index (χ4v) is 2.19. The molecule has 1 aromatic rings. The first kappa shape index (κ1) is 22.6. The van der Waals surface area contributed by atoms with E-state index in [1.807, 2.05) is 13.8 Å². The van der Waals surface area contributed by atoms with Crippen molar-refractivity contribution in [2.24, 2.45) is 0 Å². The second kappa shape index (κ2) is 10.0. The maximum absolute atomic E-state index is 12.0. The molecule has 10 nitrogen and oxygen atoms in total. The molecule has 1 heterocycles. The third-order valence-corrected chi connectivity index (χ3v) is 3.20. The van der Waals surface area contributed by atoms with Crippen LogP contribution in [0.25, 0.3) is 0 Å². The summed E-state index contributed by atoms with van der Waals surface area (Å²) >= 11 is 0. The molecular formula is C17H29N5O5. The summed E-state index contributed by atoms with van der Waals surface area (Å²) in [6, 6.07) is 0. The minimum atomic E-state index is -0.639. The topological polar surface area (TPSA) is 120 Å². The van der Waals surface area contributed by atoms with Crippen molar-refractivity contribution >= 4 is 23.3 Å². The Kier molecular flexibility index (Phi) is 8.35. The predicted octanol–water partition coefficient (Wildman–Crippen LogP) is 2.39. The molecule has 27 heavy (non-hydrogen) atoms. The lowest BCUT2D eigenvalue weighted by Gasteiger charge is -2.23. The fourth-order valence-electron chi connectivity index (χ4n) is 2.19. The van der Waals surface area contributed by atoms with E-state index in [9.17, 15) is 14.9 Å². The third kappa shape index (κ3) is 8.16. The molecule has 1 rings (SSSR count). The van der Waals surface area contributed by atoms with Gasteiger partial charge in [-0.25, -0.2) is 9.97 Å².